The third-order valence-electron chi connectivity index (χ3n) is 2.78. The summed E-state index contributed by atoms with van der Waals surface area (Å²) < 4.78 is 24.3. The number of benzene rings is 1. The van der Waals surface area contributed by atoms with Gasteiger partial charge < -0.3 is 5.32 Å². The van der Waals surface area contributed by atoms with Gasteiger partial charge in [0.05, 0.1) is 28.5 Å². The highest BCUT2D eigenvalue weighted by Crippen LogP contribution is 2.23. The van der Waals surface area contributed by atoms with Crippen molar-refractivity contribution in [3.05, 3.63) is 32.7 Å². The van der Waals surface area contributed by atoms with Crippen molar-refractivity contribution in [3.63, 3.8) is 0 Å². The Morgan fingerprint density at radius 3 is 2.53 bits per heavy atom. The molecule has 0 saturated carbocycles. The Morgan fingerprint density at radius 1 is 1.32 bits per heavy atom. The first kappa shape index (κ1) is 15.3. The van der Waals surface area contributed by atoms with E-state index in [1.165, 1.54) is 0 Å². The number of carbonyl (C=O) groups is 1. The molecule has 2 atom stereocenters. The fourth-order valence-electron chi connectivity index (χ4n) is 1.86. The number of amides is 1. The van der Waals surface area contributed by atoms with E-state index in [9.17, 15) is 13.2 Å². The maximum absolute atomic E-state index is 12.1. The molecule has 1 amide bonds. The first-order chi connectivity index (χ1) is 8.78. The highest BCUT2D eigenvalue weighted by molar-refractivity contribution is 9.11. The number of hydrogen-bond acceptors (Lipinski definition) is 3. The Hall–Kier alpha value is -0.110. The summed E-state index contributed by atoms with van der Waals surface area (Å²) in [6, 6.07) is 4.59. The van der Waals surface area contributed by atoms with Crippen LogP contribution in [0.3, 0.4) is 0 Å². The van der Waals surface area contributed by atoms with Crippen molar-refractivity contribution in [3.8, 4) is 0 Å². The zero-order valence-electron chi connectivity index (χ0n) is 9.57. The summed E-state index contributed by atoms with van der Waals surface area (Å²) in [6.45, 7) is 0. The van der Waals surface area contributed by atoms with Crippen molar-refractivity contribution in [2.75, 3.05) is 11.5 Å². The number of nitrogens with one attached hydrogen (secondary N) is 1. The molecule has 8 heteroatoms. The second kappa shape index (κ2) is 5.71. The first-order valence-corrected chi connectivity index (χ1v) is 9.23. The molecule has 104 valence electrons. The molecule has 0 bridgehead atoms. The van der Waals surface area contributed by atoms with Gasteiger partial charge in [0.2, 0.25) is 0 Å². The van der Waals surface area contributed by atoms with Crippen molar-refractivity contribution in [2.45, 2.75) is 11.4 Å². The van der Waals surface area contributed by atoms with Gasteiger partial charge in [-0.2, -0.15) is 0 Å². The van der Waals surface area contributed by atoms with Crippen molar-refractivity contribution in [1.29, 1.82) is 0 Å². The van der Waals surface area contributed by atoms with Gasteiger partial charge >= 0.3 is 0 Å². The van der Waals surface area contributed by atoms with Gasteiger partial charge in [0.1, 0.15) is 0 Å². The summed E-state index contributed by atoms with van der Waals surface area (Å²) in [4.78, 5) is 12.1. The lowest BCUT2D eigenvalue weighted by Gasteiger charge is -2.15. The van der Waals surface area contributed by atoms with E-state index in [0.717, 1.165) is 4.47 Å². The van der Waals surface area contributed by atoms with E-state index in [-0.39, 0.29) is 17.4 Å². The predicted molar refractivity (Wildman–Crippen MR) is 81.4 cm³/mol. The van der Waals surface area contributed by atoms with Gasteiger partial charge in [0.25, 0.3) is 5.91 Å². The van der Waals surface area contributed by atoms with Gasteiger partial charge in [-0.1, -0.05) is 15.9 Å². The van der Waals surface area contributed by atoms with Crippen LogP contribution in [0.4, 0.5) is 0 Å². The normalized spacial score (nSPS) is 25.2. The molecule has 2 rings (SSSR count). The van der Waals surface area contributed by atoms with Crippen molar-refractivity contribution < 1.29 is 13.2 Å². The minimum Gasteiger partial charge on any atom is -0.347 e. The molecule has 1 heterocycles. The maximum Gasteiger partial charge on any atom is 0.252 e. The minimum atomic E-state index is -3.16. The highest BCUT2D eigenvalue weighted by Gasteiger charge is 2.37. The van der Waals surface area contributed by atoms with Crippen LogP contribution in [0.1, 0.15) is 10.4 Å². The van der Waals surface area contributed by atoms with E-state index in [4.69, 9.17) is 11.6 Å². The number of halogens is 3. The summed E-state index contributed by atoms with van der Waals surface area (Å²) >= 11 is 12.5. The van der Waals surface area contributed by atoms with E-state index in [1.807, 2.05) is 0 Å². The number of hydrogen-bond donors (Lipinski definition) is 1. The van der Waals surface area contributed by atoms with Gasteiger partial charge in [-0.25, -0.2) is 8.42 Å². The number of rotatable bonds is 2. The van der Waals surface area contributed by atoms with Crippen molar-refractivity contribution in [2.24, 2.45) is 0 Å². The second-order valence-electron chi connectivity index (χ2n) is 4.30. The van der Waals surface area contributed by atoms with Crippen LogP contribution in [-0.4, -0.2) is 37.2 Å². The zero-order valence-corrected chi connectivity index (χ0v) is 14.3. The summed E-state index contributed by atoms with van der Waals surface area (Å²) in [5, 5.41) is 2.09. The largest absolute Gasteiger partial charge is 0.347 e. The van der Waals surface area contributed by atoms with Gasteiger partial charge in [0, 0.05) is 8.95 Å². The summed E-state index contributed by atoms with van der Waals surface area (Å²) in [5.41, 5.74) is 0.441. The molecule has 1 N–H and O–H groups in total. The highest BCUT2D eigenvalue weighted by atomic mass is 79.9. The van der Waals surface area contributed by atoms with Crippen LogP contribution in [0.5, 0.6) is 0 Å². The Balaban J connectivity index is 2.14. The molecule has 0 spiro atoms. The fourth-order valence-corrected chi connectivity index (χ4v) is 5.63. The Kier molecular flexibility index (Phi) is 4.59. The van der Waals surface area contributed by atoms with Crippen LogP contribution < -0.4 is 5.32 Å². The standard InChI is InChI=1S/C11H10Br2ClNO3S/c12-6-1-2-7(8(13)3-6)11(16)15-10-5-19(17,18)4-9(10)14/h1-3,9-10H,4-5H2,(H,15,16). The Morgan fingerprint density at radius 2 is 2.00 bits per heavy atom. The first-order valence-electron chi connectivity index (χ1n) is 5.39. The van der Waals surface area contributed by atoms with E-state index in [2.05, 4.69) is 37.2 Å². The average molecular weight is 432 g/mol. The topological polar surface area (TPSA) is 63.2 Å². The van der Waals surface area contributed by atoms with Gasteiger partial charge in [-0.15, -0.1) is 11.6 Å². The van der Waals surface area contributed by atoms with E-state index < -0.39 is 21.3 Å². The number of carbonyl (C=O) groups excluding carboxylic acids is 1. The summed E-state index contributed by atoms with van der Waals surface area (Å²) in [6.07, 6.45) is 0. The number of alkyl halides is 1. The van der Waals surface area contributed by atoms with E-state index >= 15 is 0 Å². The maximum atomic E-state index is 12.1. The van der Waals surface area contributed by atoms with E-state index in [0.29, 0.717) is 10.0 Å². The molecule has 1 saturated heterocycles. The summed E-state index contributed by atoms with van der Waals surface area (Å²) in [7, 11) is -3.16. The van der Waals surface area contributed by atoms with Crippen LogP contribution in [0.15, 0.2) is 27.1 Å². The third-order valence-corrected chi connectivity index (χ3v) is 6.30. The quantitative estimate of drug-likeness (QED) is 0.732. The van der Waals surface area contributed by atoms with Crippen LogP contribution in [0.25, 0.3) is 0 Å². The molecule has 0 radical (unpaired) electrons. The summed E-state index contributed by atoms with van der Waals surface area (Å²) in [5.74, 6) is -0.547. The lowest BCUT2D eigenvalue weighted by Crippen LogP contribution is -2.40. The monoisotopic (exact) mass is 429 g/mol. The van der Waals surface area contributed by atoms with E-state index in [1.54, 1.807) is 18.2 Å². The van der Waals surface area contributed by atoms with Crippen molar-refractivity contribution >= 4 is 59.2 Å². The second-order valence-corrected chi connectivity index (χ2v) is 8.78. The smallest absolute Gasteiger partial charge is 0.252 e. The molecule has 1 aliphatic heterocycles. The lowest BCUT2D eigenvalue weighted by atomic mass is 10.2. The van der Waals surface area contributed by atoms with Gasteiger partial charge in [-0.05, 0) is 34.1 Å². The third kappa shape index (κ3) is 3.71. The predicted octanol–water partition coefficient (Wildman–Crippen LogP) is 2.35. The Labute approximate surface area is 133 Å². The molecule has 1 aromatic rings. The van der Waals surface area contributed by atoms with Crippen LogP contribution in [0.2, 0.25) is 0 Å². The SMILES string of the molecule is O=C(NC1CS(=O)(=O)CC1Cl)c1ccc(Br)cc1Br. The molecule has 1 fully saturated rings. The lowest BCUT2D eigenvalue weighted by molar-refractivity contribution is 0.0941. The van der Waals surface area contributed by atoms with Crippen LogP contribution >= 0.6 is 43.5 Å². The zero-order chi connectivity index (χ0) is 14.2. The average Bonchev–Trinajstić information content (AvgIpc) is 2.51. The van der Waals surface area contributed by atoms with Crippen LogP contribution in [0, 0.1) is 0 Å². The number of sulfone groups is 1. The fraction of sp³-hybridized carbons (Fsp3) is 0.364. The molecule has 4 nitrogen and oxygen atoms in total. The van der Waals surface area contributed by atoms with Crippen molar-refractivity contribution in [1.82, 2.24) is 5.32 Å². The molecule has 0 aromatic heterocycles. The van der Waals surface area contributed by atoms with Gasteiger partial charge in [-0.3, -0.25) is 4.79 Å². The Bertz CT molecular complexity index is 620. The van der Waals surface area contributed by atoms with Gasteiger partial charge in [0.15, 0.2) is 9.84 Å². The molecule has 19 heavy (non-hydrogen) atoms. The molecular formula is C11H10Br2ClNO3S. The molecule has 2 unspecified atom stereocenters. The molecule has 1 aliphatic rings. The van der Waals surface area contributed by atoms with Crippen LogP contribution in [-0.2, 0) is 9.84 Å². The minimum absolute atomic E-state index is 0.0962. The molecule has 1 aromatic carbocycles. The molecular weight excluding hydrogens is 421 g/mol. The molecule has 0 aliphatic carbocycles.